The van der Waals surface area contributed by atoms with E-state index in [2.05, 4.69) is 34.7 Å². The molecule has 0 radical (unpaired) electrons. The van der Waals surface area contributed by atoms with Crippen LogP contribution in [0.1, 0.15) is 36.8 Å². The van der Waals surface area contributed by atoms with Crippen molar-refractivity contribution in [3.05, 3.63) is 53.3 Å². The van der Waals surface area contributed by atoms with E-state index in [4.69, 9.17) is 9.47 Å². The van der Waals surface area contributed by atoms with Crippen molar-refractivity contribution in [3.63, 3.8) is 0 Å². The summed E-state index contributed by atoms with van der Waals surface area (Å²) < 4.78 is 25.0. The van der Waals surface area contributed by atoms with Crippen LogP contribution in [0.15, 0.2) is 36.4 Å². The summed E-state index contributed by atoms with van der Waals surface area (Å²) in [6, 6.07) is 10.9. The van der Waals surface area contributed by atoms with Crippen molar-refractivity contribution in [1.82, 2.24) is 10.2 Å². The molecule has 2 aromatic carbocycles. The number of carbonyl (C=O) groups excluding carboxylic acids is 1. The zero-order chi connectivity index (χ0) is 22.9. The smallest absolute Gasteiger partial charge is 0.319 e. The van der Waals surface area contributed by atoms with Gasteiger partial charge in [0.15, 0.2) is 11.5 Å². The first-order chi connectivity index (χ1) is 15.4. The highest BCUT2D eigenvalue weighted by Gasteiger charge is 2.50. The number of benzene rings is 2. The average Bonchev–Trinajstić information content (AvgIpc) is 3.13. The van der Waals surface area contributed by atoms with E-state index in [-0.39, 0.29) is 23.2 Å². The topological polar surface area (TPSA) is 62.8 Å². The van der Waals surface area contributed by atoms with Gasteiger partial charge in [0.2, 0.25) is 0 Å². The maximum Gasteiger partial charge on any atom is 0.319 e. The Morgan fingerprint density at radius 1 is 1.12 bits per heavy atom. The van der Waals surface area contributed by atoms with Gasteiger partial charge in [-0.2, -0.15) is 0 Å². The Morgan fingerprint density at radius 3 is 2.66 bits per heavy atom. The first-order valence-corrected chi connectivity index (χ1v) is 11.1. The van der Waals surface area contributed by atoms with E-state index >= 15 is 0 Å². The fraction of sp³-hybridized carbons (Fsp3) is 0.480. The number of likely N-dealkylation sites (N-methyl/N-ethyl adjacent to an activating group) is 1. The molecule has 2 aliphatic rings. The fourth-order valence-electron chi connectivity index (χ4n) is 5.47. The fourth-order valence-corrected chi connectivity index (χ4v) is 5.47. The van der Waals surface area contributed by atoms with Gasteiger partial charge < -0.3 is 25.0 Å². The van der Waals surface area contributed by atoms with Crippen molar-refractivity contribution < 1.29 is 18.7 Å². The lowest BCUT2D eigenvalue weighted by atomic mass is 9.65. The minimum Gasteiger partial charge on any atom is -0.493 e. The quantitative estimate of drug-likeness (QED) is 0.719. The molecule has 0 bridgehead atoms. The second-order valence-electron chi connectivity index (χ2n) is 9.03. The summed E-state index contributed by atoms with van der Waals surface area (Å²) in [5.74, 6) is 1.04. The predicted octanol–water partition coefficient (Wildman–Crippen LogP) is 4.47. The number of carbonyl (C=O) groups is 1. The molecule has 0 spiro atoms. The number of hydrogen-bond donors (Lipinski definition) is 2. The summed E-state index contributed by atoms with van der Waals surface area (Å²) in [6.07, 6.45) is 3.73. The van der Waals surface area contributed by atoms with E-state index in [1.165, 1.54) is 11.6 Å². The molecule has 32 heavy (non-hydrogen) atoms. The van der Waals surface area contributed by atoms with Crippen LogP contribution in [-0.2, 0) is 5.41 Å². The summed E-state index contributed by atoms with van der Waals surface area (Å²) in [7, 11) is 5.46. The van der Waals surface area contributed by atoms with Crippen LogP contribution in [0.4, 0.5) is 14.9 Å². The van der Waals surface area contributed by atoms with E-state index in [9.17, 15) is 9.18 Å². The van der Waals surface area contributed by atoms with Crippen LogP contribution < -0.4 is 20.1 Å². The van der Waals surface area contributed by atoms with Crippen molar-refractivity contribution in [2.45, 2.75) is 50.1 Å². The summed E-state index contributed by atoms with van der Waals surface area (Å²) in [4.78, 5) is 15.0. The van der Waals surface area contributed by atoms with Crippen molar-refractivity contribution in [2.24, 2.45) is 0 Å². The van der Waals surface area contributed by atoms with E-state index in [1.807, 2.05) is 13.0 Å². The van der Waals surface area contributed by atoms with Crippen LogP contribution in [0, 0.1) is 12.7 Å². The highest BCUT2D eigenvalue weighted by Crippen LogP contribution is 2.49. The average molecular weight is 442 g/mol. The van der Waals surface area contributed by atoms with Gasteiger partial charge in [-0.05, 0) is 81.6 Å². The Bertz CT molecular complexity index is 998. The van der Waals surface area contributed by atoms with Gasteiger partial charge in [-0.1, -0.05) is 12.1 Å². The second kappa shape index (κ2) is 8.98. The highest BCUT2D eigenvalue weighted by molar-refractivity contribution is 5.89. The number of urea groups is 1. The summed E-state index contributed by atoms with van der Waals surface area (Å²) in [5.41, 5.74) is 2.38. The number of likely N-dealkylation sites (tertiary alicyclic amines) is 1. The first-order valence-electron chi connectivity index (χ1n) is 11.1. The minimum absolute atomic E-state index is 0.0195. The van der Waals surface area contributed by atoms with Gasteiger partial charge in [0.1, 0.15) is 5.82 Å². The highest BCUT2D eigenvalue weighted by atomic mass is 19.1. The Labute approximate surface area is 189 Å². The molecule has 1 saturated heterocycles. The maximum atomic E-state index is 14.0. The van der Waals surface area contributed by atoms with Crippen molar-refractivity contribution in [2.75, 3.05) is 33.1 Å². The van der Waals surface area contributed by atoms with E-state index in [0.717, 1.165) is 49.3 Å². The summed E-state index contributed by atoms with van der Waals surface area (Å²) in [5, 5.41) is 5.74. The number of rotatable bonds is 5. The Hall–Kier alpha value is -2.80. The van der Waals surface area contributed by atoms with Gasteiger partial charge in [0.05, 0.1) is 19.9 Å². The molecule has 7 heteroatoms. The van der Waals surface area contributed by atoms with Crippen LogP contribution in [-0.4, -0.2) is 50.8 Å². The van der Waals surface area contributed by atoms with E-state index < -0.39 is 5.82 Å². The third-order valence-corrected chi connectivity index (χ3v) is 7.19. The van der Waals surface area contributed by atoms with Crippen LogP contribution in [0.2, 0.25) is 0 Å². The molecule has 1 saturated carbocycles. The number of nitrogens with one attached hydrogen (secondary N) is 2. The van der Waals surface area contributed by atoms with Gasteiger partial charge in [-0.3, -0.25) is 0 Å². The molecular weight excluding hydrogens is 409 g/mol. The molecule has 2 aromatic rings. The van der Waals surface area contributed by atoms with Crippen LogP contribution in [0.5, 0.6) is 11.5 Å². The predicted molar refractivity (Wildman–Crippen MR) is 123 cm³/mol. The molecule has 4 rings (SSSR count). The number of anilines is 1. The Balaban J connectivity index is 1.49. The first kappa shape index (κ1) is 22.4. The molecule has 2 N–H and O–H groups in total. The number of methoxy groups -OCH3 is 2. The third-order valence-electron chi connectivity index (χ3n) is 7.19. The van der Waals surface area contributed by atoms with Gasteiger partial charge in [0, 0.05) is 17.5 Å². The molecule has 0 aromatic heterocycles. The molecule has 172 valence electrons. The molecule has 3 unspecified atom stereocenters. The normalized spacial score (nSPS) is 25.2. The molecule has 2 fully saturated rings. The zero-order valence-electron chi connectivity index (χ0n) is 19.2. The number of nitrogens with zero attached hydrogens (tertiary/aromatic N) is 1. The lowest BCUT2D eigenvalue weighted by Crippen LogP contribution is -2.52. The third kappa shape index (κ3) is 4.13. The summed E-state index contributed by atoms with van der Waals surface area (Å²) in [6.45, 7) is 2.87. The molecule has 2 amide bonds. The van der Waals surface area contributed by atoms with Crippen LogP contribution in [0.25, 0.3) is 0 Å². The van der Waals surface area contributed by atoms with Gasteiger partial charge >= 0.3 is 6.03 Å². The summed E-state index contributed by atoms with van der Waals surface area (Å²) >= 11 is 0. The molecule has 1 aliphatic heterocycles. The second-order valence-corrected chi connectivity index (χ2v) is 9.03. The lowest BCUT2D eigenvalue weighted by Gasteiger charge is -2.45. The van der Waals surface area contributed by atoms with Crippen molar-refractivity contribution >= 4 is 11.7 Å². The molecule has 1 aliphatic carbocycles. The number of ether oxygens (including phenoxy) is 2. The standard InChI is InChI=1S/C25H32FN3O3/c1-16-5-7-19(26)20(13-16)28-24(30)27-18-9-10-25(11-12-29(2)23(25)15-18)17-6-8-21(31-3)22(14-17)32-4/h5-8,13-14,18,23H,9-12,15H2,1-4H3,(H2,27,28,30). The van der Waals surface area contributed by atoms with Crippen LogP contribution in [0.3, 0.4) is 0 Å². The van der Waals surface area contributed by atoms with Crippen molar-refractivity contribution in [3.8, 4) is 11.5 Å². The Morgan fingerprint density at radius 2 is 1.91 bits per heavy atom. The molecule has 3 atom stereocenters. The van der Waals surface area contributed by atoms with Gasteiger partial charge in [0.25, 0.3) is 0 Å². The number of hydrogen-bond acceptors (Lipinski definition) is 4. The number of amides is 2. The number of halogens is 1. The SMILES string of the molecule is COc1ccc(C23CCC(NC(=O)Nc4cc(C)ccc4F)CC2N(C)CC3)cc1OC. The van der Waals surface area contributed by atoms with Crippen molar-refractivity contribution in [1.29, 1.82) is 0 Å². The van der Waals surface area contributed by atoms with E-state index in [1.54, 1.807) is 26.4 Å². The Kier molecular flexibility index (Phi) is 6.29. The van der Waals surface area contributed by atoms with Crippen LogP contribution >= 0.6 is 0 Å². The monoisotopic (exact) mass is 441 g/mol. The largest absolute Gasteiger partial charge is 0.493 e. The molecular formula is C25H32FN3O3. The minimum atomic E-state index is -0.433. The lowest BCUT2D eigenvalue weighted by molar-refractivity contribution is 0.156. The van der Waals surface area contributed by atoms with E-state index in [0.29, 0.717) is 6.04 Å². The zero-order valence-corrected chi connectivity index (χ0v) is 19.2. The van der Waals surface area contributed by atoms with Gasteiger partial charge in [-0.15, -0.1) is 0 Å². The number of fused-ring (bicyclic) bond motifs is 1. The van der Waals surface area contributed by atoms with Gasteiger partial charge in [-0.25, -0.2) is 9.18 Å². The molecule has 1 heterocycles. The number of aryl methyl sites for hydroxylation is 1. The molecule has 6 nitrogen and oxygen atoms in total. The maximum absolute atomic E-state index is 14.0.